The molecule has 2 aliphatic rings. The molecule has 9 nitrogen and oxygen atoms in total. The first kappa shape index (κ1) is 22.1. The minimum Gasteiger partial charge on any atom is -0.340 e. The van der Waals surface area contributed by atoms with Gasteiger partial charge in [-0.2, -0.15) is 0 Å². The predicted octanol–water partition coefficient (Wildman–Crippen LogP) is 0.596. The van der Waals surface area contributed by atoms with Gasteiger partial charge in [0, 0.05) is 83.0 Å². The zero-order chi connectivity index (χ0) is 19.2. The van der Waals surface area contributed by atoms with Crippen LogP contribution < -0.4 is 5.32 Å². The molecule has 154 valence electrons. The second-order valence-corrected chi connectivity index (χ2v) is 6.82. The number of hydrogen-bond donors (Lipinski definition) is 1. The highest BCUT2D eigenvalue weighted by atomic mass is 35.5. The third-order valence-corrected chi connectivity index (χ3v) is 5.10. The second kappa shape index (κ2) is 10.4. The van der Waals surface area contributed by atoms with Crippen molar-refractivity contribution >= 4 is 29.9 Å². The molecule has 2 amide bonds. The Balaban J connectivity index is 0.00000280. The Morgan fingerprint density at radius 1 is 0.964 bits per heavy atom. The van der Waals surface area contributed by atoms with Gasteiger partial charge in [-0.05, 0) is 12.1 Å². The molecule has 0 unspecified atom stereocenters. The molecule has 0 atom stereocenters. The van der Waals surface area contributed by atoms with E-state index in [9.17, 15) is 19.7 Å². The number of nitro benzene ring substituents is 1. The average Bonchev–Trinajstić information content (AvgIpc) is 2.72. The van der Waals surface area contributed by atoms with Crippen LogP contribution in [-0.2, 0) is 4.79 Å². The van der Waals surface area contributed by atoms with E-state index in [4.69, 9.17) is 0 Å². The largest absolute Gasteiger partial charge is 0.340 e. The zero-order valence-electron chi connectivity index (χ0n) is 15.7. The lowest BCUT2D eigenvalue weighted by molar-refractivity contribution is -0.384. The maximum atomic E-state index is 12.5. The van der Waals surface area contributed by atoms with Gasteiger partial charge in [-0.25, -0.2) is 0 Å². The van der Waals surface area contributed by atoms with E-state index in [0.717, 1.165) is 39.3 Å². The molecule has 0 spiro atoms. The van der Waals surface area contributed by atoms with Crippen LogP contribution in [0.25, 0.3) is 0 Å². The molecule has 0 aromatic heterocycles. The number of non-ortho nitro benzene ring substituents is 1. The maximum Gasteiger partial charge on any atom is 0.269 e. The molecule has 2 fully saturated rings. The summed E-state index contributed by atoms with van der Waals surface area (Å²) in [4.78, 5) is 40.9. The molecule has 2 heterocycles. The Hall–Kier alpha value is -2.23. The lowest BCUT2D eigenvalue weighted by atomic mass is 10.1. The molecule has 0 bridgehead atoms. The third-order valence-electron chi connectivity index (χ3n) is 5.10. The summed E-state index contributed by atoms with van der Waals surface area (Å²) < 4.78 is 0. The monoisotopic (exact) mass is 411 g/mol. The first-order valence-corrected chi connectivity index (χ1v) is 9.29. The fraction of sp³-hybridized carbons (Fsp3) is 0.556. The van der Waals surface area contributed by atoms with Crippen LogP contribution in [0.4, 0.5) is 5.69 Å². The highest BCUT2D eigenvalue weighted by Gasteiger charge is 2.24. The van der Waals surface area contributed by atoms with Crippen LogP contribution in [0.5, 0.6) is 0 Å². The second-order valence-electron chi connectivity index (χ2n) is 6.82. The van der Waals surface area contributed by atoms with Crippen molar-refractivity contribution in [1.82, 2.24) is 20.0 Å². The van der Waals surface area contributed by atoms with Crippen molar-refractivity contribution in [2.24, 2.45) is 0 Å². The van der Waals surface area contributed by atoms with Crippen molar-refractivity contribution < 1.29 is 14.5 Å². The Kier molecular flexibility index (Phi) is 8.16. The quantitative estimate of drug-likeness (QED) is 0.562. The molecule has 0 aliphatic carbocycles. The van der Waals surface area contributed by atoms with Gasteiger partial charge >= 0.3 is 0 Å². The number of nitrogens with zero attached hydrogens (tertiary/aromatic N) is 4. The molecule has 1 aromatic rings. The van der Waals surface area contributed by atoms with Gasteiger partial charge in [-0.1, -0.05) is 0 Å². The van der Waals surface area contributed by atoms with E-state index in [2.05, 4.69) is 10.2 Å². The molecule has 0 radical (unpaired) electrons. The molecular formula is C18H26ClN5O4. The van der Waals surface area contributed by atoms with E-state index in [1.165, 1.54) is 24.3 Å². The summed E-state index contributed by atoms with van der Waals surface area (Å²) >= 11 is 0. The van der Waals surface area contributed by atoms with Crippen LogP contribution in [0.2, 0.25) is 0 Å². The topological polar surface area (TPSA) is 99.0 Å². The van der Waals surface area contributed by atoms with Gasteiger partial charge in [0.2, 0.25) is 5.91 Å². The van der Waals surface area contributed by atoms with Crippen molar-refractivity contribution in [3.63, 3.8) is 0 Å². The number of rotatable bonds is 5. The van der Waals surface area contributed by atoms with Gasteiger partial charge in [0.05, 0.1) is 4.92 Å². The Morgan fingerprint density at radius 3 is 2.14 bits per heavy atom. The lowest BCUT2D eigenvalue weighted by Crippen LogP contribution is -2.50. The van der Waals surface area contributed by atoms with Gasteiger partial charge < -0.3 is 15.1 Å². The van der Waals surface area contributed by atoms with Crippen LogP contribution in [-0.4, -0.2) is 90.3 Å². The number of hydrogen-bond acceptors (Lipinski definition) is 6. The summed E-state index contributed by atoms with van der Waals surface area (Å²) in [5.41, 5.74) is 0.438. The number of halogens is 1. The van der Waals surface area contributed by atoms with Crippen LogP contribution in [0.15, 0.2) is 24.3 Å². The standard InChI is InChI=1S/C18H25N5O4.ClH/c24-17(21-9-6-19-7-10-21)5-8-20-11-13-22(14-12-20)18(25)15-1-3-16(4-2-15)23(26)27;/h1-4,19H,5-14H2;1H. The molecule has 1 N–H and O–H groups in total. The molecule has 10 heteroatoms. The fourth-order valence-electron chi connectivity index (χ4n) is 3.41. The molecule has 28 heavy (non-hydrogen) atoms. The summed E-state index contributed by atoms with van der Waals surface area (Å²) in [5.74, 6) is 0.0855. The molecule has 0 saturated carbocycles. The lowest BCUT2D eigenvalue weighted by Gasteiger charge is -2.35. The number of piperazine rings is 2. The Bertz CT molecular complexity index is 686. The van der Waals surface area contributed by atoms with E-state index in [1.54, 1.807) is 4.90 Å². The van der Waals surface area contributed by atoms with Crippen molar-refractivity contribution in [2.45, 2.75) is 6.42 Å². The predicted molar refractivity (Wildman–Crippen MR) is 107 cm³/mol. The fourth-order valence-corrected chi connectivity index (χ4v) is 3.41. The van der Waals surface area contributed by atoms with Crippen molar-refractivity contribution in [3.05, 3.63) is 39.9 Å². The van der Waals surface area contributed by atoms with Crippen molar-refractivity contribution in [1.29, 1.82) is 0 Å². The normalized spacial score (nSPS) is 17.7. The number of nitro groups is 1. The number of benzene rings is 1. The summed E-state index contributed by atoms with van der Waals surface area (Å²) in [6.45, 7) is 6.62. The van der Waals surface area contributed by atoms with Crippen molar-refractivity contribution in [3.8, 4) is 0 Å². The van der Waals surface area contributed by atoms with E-state index in [-0.39, 0.29) is 29.9 Å². The Morgan fingerprint density at radius 2 is 1.57 bits per heavy atom. The SMILES string of the molecule is Cl.O=C(CCN1CCN(C(=O)c2ccc([N+](=O)[O-])cc2)CC1)N1CCNCC1. The van der Waals surface area contributed by atoms with E-state index in [1.807, 2.05) is 4.90 Å². The third kappa shape index (κ3) is 5.63. The number of nitrogens with one attached hydrogen (secondary N) is 1. The van der Waals surface area contributed by atoms with Gasteiger partial charge in [0.15, 0.2) is 0 Å². The first-order chi connectivity index (χ1) is 13.0. The van der Waals surface area contributed by atoms with Gasteiger partial charge in [-0.15, -0.1) is 12.4 Å². The van der Waals surface area contributed by atoms with Crippen LogP contribution in [0.1, 0.15) is 16.8 Å². The molecular weight excluding hydrogens is 386 g/mol. The van der Waals surface area contributed by atoms with Gasteiger partial charge in [0.1, 0.15) is 0 Å². The average molecular weight is 412 g/mol. The zero-order valence-corrected chi connectivity index (χ0v) is 16.5. The van der Waals surface area contributed by atoms with E-state index < -0.39 is 4.92 Å². The summed E-state index contributed by atoms with van der Waals surface area (Å²) in [5, 5.41) is 13.9. The van der Waals surface area contributed by atoms with Crippen molar-refractivity contribution in [2.75, 3.05) is 58.9 Å². The molecule has 1 aromatic carbocycles. The summed E-state index contributed by atoms with van der Waals surface area (Å²) in [6.07, 6.45) is 0.510. The van der Waals surface area contributed by atoms with E-state index >= 15 is 0 Å². The Labute approximate surface area is 170 Å². The highest BCUT2D eigenvalue weighted by molar-refractivity contribution is 5.94. The van der Waals surface area contributed by atoms with Gasteiger partial charge in [-0.3, -0.25) is 24.6 Å². The highest BCUT2D eigenvalue weighted by Crippen LogP contribution is 2.15. The molecule has 2 aliphatic heterocycles. The van der Waals surface area contributed by atoms with Crippen LogP contribution >= 0.6 is 12.4 Å². The number of carbonyl (C=O) groups is 2. The minimum atomic E-state index is -0.477. The van der Waals surface area contributed by atoms with Gasteiger partial charge in [0.25, 0.3) is 11.6 Å². The van der Waals surface area contributed by atoms with Crippen LogP contribution in [0, 0.1) is 10.1 Å². The maximum absolute atomic E-state index is 12.5. The minimum absolute atomic E-state index is 0. The first-order valence-electron chi connectivity index (χ1n) is 9.29. The smallest absolute Gasteiger partial charge is 0.269 e. The van der Waals surface area contributed by atoms with E-state index in [0.29, 0.717) is 31.6 Å². The summed E-state index contributed by atoms with van der Waals surface area (Å²) in [6, 6.07) is 5.70. The number of amides is 2. The number of carbonyl (C=O) groups excluding carboxylic acids is 2. The molecule has 3 rings (SSSR count). The molecule has 2 saturated heterocycles. The summed E-state index contributed by atoms with van der Waals surface area (Å²) in [7, 11) is 0. The van der Waals surface area contributed by atoms with Crippen LogP contribution in [0.3, 0.4) is 0 Å².